The minimum Gasteiger partial charge on any atom is -0.506 e. The number of benzene rings is 2. The summed E-state index contributed by atoms with van der Waals surface area (Å²) in [5, 5.41) is 10.1. The molecule has 0 aromatic heterocycles. The number of fused-ring (bicyclic) bond motifs is 1. The number of carbonyl (C=O) groups excluding carboxylic acids is 2. The first kappa shape index (κ1) is 16.4. The summed E-state index contributed by atoms with van der Waals surface area (Å²) in [6.07, 6.45) is 0. The lowest BCUT2D eigenvalue weighted by Crippen LogP contribution is -2.34. The second kappa shape index (κ2) is 5.87. The van der Waals surface area contributed by atoms with Gasteiger partial charge in [-0.05, 0) is 49.2 Å². The van der Waals surface area contributed by atoms with E-state index in [2.05, 4.69) is 20.9 Å². The Kier molecular flexibility index (Phi) is 4.01. The van der Waals surface area contributed by atoms with Crippen LogP contribution in [0.5, 0.6) is 5.75 Å². The molecule has 122 valence electrons. The topological polar surface area (TPSA) is 70.0 Å². The monoisotopic (exact) mass is 386 g/mol. The van der Waals surface area contributed by atoms with Gasteiger partial charge in [-0.2, -0.15) is 0 Å². The Balaban J connectivity index is 2.23. The van der Waals surface area contributed by atoms with Crippen molar-refractivity contribution in [3.05, 3.63) is 51.5 Å². The van der Waals surface area contributed by atoms with Crippen molar-refractivity contribution >= 4 is 44.8 Å². The average Bonchev–Trinajstić information content (AvgIpc) is 2.74. The van der Waals surface area contributed by atoms with Gasteiger partial charge in [0.25, 0.3) is 5.91 Å². The van der Waals surface area contributed by atoms with Crippen molar-refractivity contribution in [2.75, 3.05) is 4.90 Å². The van der Waals surface area contributed by atoms with Gasteiger partial charge < -0.3 is 5.11 Å². The van der Waals surface area contributed by atoms with Crippen LogP contribution in [0.2, 0.25) is 0 Å². The predicted octanol–water partition coefficient (Wildman–Crippen LogP) is 3.79. The molecule has 2 aromatic rings. The van der Waals surface area contributed by atoms with E-state index < -0.39 is 5.91 Å². The number of anilines is 1. The van der Waals surface area contributed by atoms with Gasteiger partial charge in [-0.15, -0.1) is 0 Å². The van der Waals surface area contributed by atoms with Crippen molar-refractivity contribution in [1.29, 1.82) is 0 Å². The molecule has 2 aromatic carbocycles. The largest absolute Gasteiger partial charge is 0.506 e. The molecule has 0 aliphatic carbocycles. The zero-order valence-corrected chi connectivity index (χ0v) is 15.0. The van der Waals surface area contributed by atoms with Crippen molar-refractivity contribution in [3.63, 3.8) is 0 Å². The van der Waals surface area contributed by atoms with E-state index in [0.29, 0.717) is 16.9 Å². The maximum absolute atomic E-state index is 12.7. The lowest BCUT2D eigenvalue weighted by Gasteiger charge is -2.12. The van der Waals surface area contributed by atoms with Crippen LogP contribution in [0.3, 0.4) is 0 Å². The molecule has 0 spiro atoms. The summed E-state index contributed by atoms with van der Waals surface area (Å²) in [5.41, 5.74) is 3.33. The third kappa shape index (κ3) is 2.63. The first-order chi connectivity index (χ1) is 11.3. The van der Waals surface area contributed by atoms with Crippen LogP contribution < -0.4 is 4.90 Å². The van der Waals surface area contributed by atoms with Gasteiger partial charge in [0.1, 0.15) is 17.1 Å². The number of aliphatic imine (C=N–C) groups is 1. The predicted molar refractivity (Wildman–Crippen MR) is 96.1 cm³/mol. The molecule has 2 amide bonds. The number of aryl methyl sites for hydroxylation is 2. The minimum atomic E-state index is -0.491. The number of hydrogen-bond acceptors (Lipinski definition) is 4. The minimum absolute atomic E-state index is 0.00745. The highest BCUT2D eigenvalue weighted by Gasteiger charge is 2.37. The standard InChI is InChI=1S/C18H15BrN2O3/c1-9-4-5-14(16(23)6-9)20-17-12-7-10(2)13(19)8-15(12)21(11(3)22)18(17)24/h4-8,23H,1-3H3. The molecule has 1 aliphatic rings. The number of nitrogens with zero attached hydrogens (tertiary/aromatic N) is 2. The quantitative estimate of drug-likeness (QED) is 0.810. The van der Waals surface area contributed by atoms with E-state index in [4.69, 9.17) is 0 Å². The smallest absolute Gasteiger partial charge is 0.284 e. The van der Waals surface area contributed by atoms with E-state index in [1.54, 1.807) is 24.3 Å². The normalized spacial score (nSPS) is 15.1. The Morgan fingerprint density at radius 1 is 1.21 bits per heavy atom. The van der Waals surface area contributed by atoms with Gasteiger partial charge in [-0.3, -0.25) is 9.59 Å². The lowest BCUT2D eigenvalue weighted by atomic mass is 10.1. The first-order valence-corrected chi connectivity index (χ1v) is 8.12. The van der Waals surface area contributed by atoms with E-state index in [0.717, 1.165) is 20.5 Å². The molecule has 6 heteroatoms. The third-order valence-electron chi connectivity index (χ3n) is 3.86. The summed E-state index contributed by atoms with van der Waals surface area (Å²) < 4.78 is 0.805. The molecular formula is C18H15BrN2O3. The number of hydrogen-bond donors (Lipinski definition) is 1. The number of aromatic hydroxyl groups is 1. The van der Waals surface area contributed by atoms with Gasteiger partial charge in [0.05, 0.1) is 5.69 Å². The van der Waals surface area contributed by atoms with Crippen molar-refractivity contribution in [3.8, 4) is 5.75 Å². The SMILES string of the molecule is CC(=O)N1C(=O)C(=Nc2ccc(C)cc2O)c2cc(C)c(Br)cc21. The Hall–Kier alpha value is -2.47. The summed E-state index contributed by atoms with van der Waals surface area (Å²) in [6, 6.07) is 8.57. The Bertz CT molecular complexity index is 919. The molecule has 0 saturated heterocycles. The van der Waals surface area contributed by atoms with Crippen molar-refractivity contribution in [2.45, 2.75) is 20.8 Å². The number of phenols is 1. The summed E-state index contributed by atoms with van der Waals surface area (Å²) >= 11 is 3.42. The summed E-state index contributed by atoms with van der Waals surface area (Å²) in [5.74, 6) is -0.878. The fraction of sp³-hybridized carbons (Fsp3) is 0.167. The van der Waals surface area contributed by atoms with Crippen molar-refractivity contribution < 1.29 is 14.7 Å². The van der Waals surface area contributed by atoms with Crippen LogP contribution in [0, 0.1) is 13.8 Å². The summed E-state index contributed by atoms with van der Waals surface area (Å²) in [4.78, 5) is 30.0. The lowest BCUT2D eigenvalue weighted by molar-refractivity contribution is -0.121. The molecule has 0 saturated carbocycles. The number of imide groups is 1. The maximum Gasteiger partial charge on any atom is 0.284 e. The zero-order valence-electron chi connectivity index (χ0n) is 13.4. The van der Waals surface area contributed by atoms with Gasteiger partial charge in [0, 0.05) is 17.0 Å². The average molecular weight is 387 g/mol. The van der Waals surface area contributed by atoms with Crippen LogP contribution >= 0.6 is 15.9 Å². The van der Waals surface area contributed by atoms with E-state index in [1.165, 1.54) is 6.92 Å². The maximum atomic E-state index is 12.7. The van der Waals surface area contributed by atoms with Crippen LogP contribution in [-0.2, 0) is 9.59 Å². The highest BCUT2D eigenvalue weighted by Crippen LogP contribution is 2.36. The van der Waals surface area contributed by atoms with E-state index >= 15 is 0 Å². The molecule has 0 atom stereocenters. The highest BCUT2D eigenvalue weighted by molar-refractivity contribution is 9.10. The van der Waals surface area contributed by atoms with Crippen LogP contribution in [0.1, 0.15) is 23.6 Å². The summed E-state index contributed by atoms with van der Waals surface area (Å²) in [6.45, 7) is 5.08. The molecule has 1 heterocycles. The van der Waals surface area contributed by atoms with Gasteiger partial charge in [-0.1, -0.05) is 22.0 Å². The van der Waals surface area contributed by atoms with Gasteiger partial charge >= 0.3 is 0 Å². The molecule has 3 rings (SSSR count). The molecule has 5 nitrogen and oxygen atoms in total. The van der Waals surface area contributed by atoms with Crippen molar-refractivity contribution in [1.82, 2.24) is 0 Å². The van der Waals surface area contributed by atoms with E-state index in [-0.39, 0.29) is 17.4 Å². The van der Waals surface area contributed by atoms with Gasteiger partial charge in [0.2, 0.25) is 5.91 Å². The number of halogens is 1. The molecule has 0 fully saturated rings. The molecule has 0 unspecified atom stereocenters. The second-order valence-corrected chi connectivity index (χ2v) is 6.59. The molecule has 1 N–H and O–H groups in total. The molecule has 24 heavy (non-hydrogen) atoms. The number of amides is 2. The first-order valence-electron chi connectivity index (χ1n) is 7.33. The summed E-state index contributed by atoms with van der Waals surface area (Å²) in [7, 11) is 0. The Morgan fingerprint density at radius 2 is 1.92 bits per heavy atom. The number of phenolic OH excluding ortho intramolecular Hbond substituents is 1. The molecule has 0 bridgehead atoms. The van der Waals surface area contributed by atoms with Crippen molar-refractivity contribution in [2.24, 2.45) is 4.99 Å². The third-order valence-corrected chi connectivity index (χ3v) is 4.71. The van der Waals surface area contributed by atoms with Crippen LogP contribution in [0.15, 0.2) is 39.8 Å². The molecular weight excluding hydrogens is 372 g/mol. The molecule has 1 aliphatic heterocycles. The molecule has 0 radical (unpaired) electrons. The Morgan fingerprint density at radius 3 is 2.54 bits per heavy atom. The fourth-order valence-electron chi connectivity index (χ4n) is 2.65. The van der Waals surface area contributed by atoms with Crippen LogP contribution in [0.4, 0.5) is 11.4 Å². The highest BCUT2D eigenvalue weighted by atomic mass is 79.9. The Labute approximate surface area is 147 Å². The van der Waals surface area contributed by atoms with Crippen LogP contribution in [-0.4, -0.2) is 22.6 Å². The number of rotatable bonds is 1. The van der Waals surface area contributed by atoms with Gasteiger partial charge in [-0.25, -0.2) is 9.89 Å². The number of carbonyl (C=O) groups is 2. The van der Waals surface area contributed by atoms with E-state index in [9.17, 15) is 14.7 Å². The van der Waals surface area contributed by atoms with E-state index in [1.807, 2.05) is 19.9 Å². The fourth-order valence-corrected chi connectivity index (χ4v) is 2.98. The second-order valence-electron chi connectivity index (χ2n) is 5.73. The van der Waals surface area contributed by atoms with Gasteiger partial charge in [0.15, 0.2) is 0 Å². The zero-order chi connectivity index (χ0) is 17.6. The van der Waals surface area contributed by atoms with Crippen LogP contribution in [0.25, 0.3) is 0 Å².